The van der Waals surface area contributed by atoms with Crippen molar-refractivity contribution in [2.24, 2.45) is 17.6 Å². The molecule has 0 spiro atoms. The SMILES string of the molecule is CC1CCCCC1CNc1ncc(C(N)=O)cc1Cl. The van der Waals surface area contributed by atoms with Gasteiger partial charge in [-0.15, -0.1) is 0 Å². The molecular weight excluding hydrogens is 262 g/mol. The van der Waals surface area contributed by atoms with E-state index in [0.29, 0.717) is 22.3 Å². The highest BCUT2D eigenvalue weighted by Crippen LogP contribution is 2.30. The fourth-order valence-electron chi connectivity index (χ4n) is 2.63. The number of primary amides is 1. The first-order valence-corrected chi connectivity index (χ1v) is 7.15. The first kappa shape index (κ1) is 14.1. The summed E-state index contributed by atoms with van der Waals surface area (Å²) in [6.45, 7) is 3.18. The number of nitrogens with zero attached hydrogens (tertiary/aromatic N) is 1. The third-order valence-electron chi connectivity index (χ3n) is 3.95. The van der Waals surface area contributed by atoms with Crippen molar-refractivity contribution in [3.05, 3.63) is 22.8 Å². The monoisotopic (exact) mass is 281 g/mol. The maximum Gasteiger partial charge on any atom is 0.250 e. The van der Waals surface area contributed by atoms with E-state index >= 15 is 0 Å². The molecular formula is C14H20ClN3O. The Balaban J connectivity index is 1.97. The largest absolute Gasteiger partial charge is 0.369 e. The molecule has 0 aliphatic heterocycles. The van der Waals surface area contributed by atoms with Gasteiger partial charge in [-0.3, -0.25) is 4.79 Å². The lowest BCUT2D eigenvalue weighted by Crippen LogP contribution is -2.24. The molecule has 5 heteroatoms. The van der Waals surface area contributed by atoms with E-state index in [2.05, 4.69) is 17.2 Å². The van der Waals surface area contributed by atoms with Gasteiger partial charge in [0.15, 0.2) is 0 Å². The lowest BCUT2D eigenvalue weighted by molar-refractivity contribution is 0.1000. The second kappa shape index (κ2) is 6.24. The van der Waals surface area contributed by atoms with Crippen molar-refractivity contribution in [2.45, 2.75) is 32.6 Å². The van der Waals surface area contributed by atoms with Crippen molar-refractivity contribution in [3.8, 4) is 0 Å². The molecule has 3 N–H and O–H groups in total. The highest BCUT2D eigenvalue weighted by atomic mass is 35.5. The third kappa shape index (κ3) is 3.60. The number of carbonyl (C=O) groups excluding carboxylic acids is 1. The Morgan fingerprint density at radius 3 is 2.89 bits per heavy atom. The summed E-state index contributed by atoms with van der Waals surface area (Å²) in [4.78, 5) is 15.2. The molecule has 1 aliphatic rings. The van der Waals surface area contributed by atoms with Crippen molar-refractivity contribution < 1.29 is 4.79 Å². The third-order valence-corrected chi connectivity index (χ3v) is 4.23. The van der Waals surface area contributed by atoms with E-state index in [0.717, 1.165) is 12.5 Å². The Kier molecular flexibility index (Phi) is 4.64. The zero-order valence-corrected chi connectivity index (χ0v) is 11.9. The van der Waals surface area contributed by atoms with Crippen LogP contribution in [0.5, 0.6) is 0 Å². The molecule has 1 amide bonds. The Morgan fingerprint density at radius 2 is 2.26 bits per heavy atom. The highest BCUT2D eigenvalue weighted by molar-refractivity contribution is 6.33. The van der Waals surface area contributed by atoms with Crippen molar-refractivity contribution in [3.63, 3.8) is 0 Å². The molecule has 1 aromatic rings. The number of halogens is 1. The quantitative estimate of drug-likeness (QED) is 0.891. The molecule has 19 heavy (non-hydrogen) atoms. The number of nitrogens with two attached hydrogens (primary N) is 1. The topological polar surface area (TPSA) is 68.0 Å². The van der Waals surface area contributed by atoms with Gasteiger partial charge >= 0.3 is 0 Å². The van der Waals surface area contributed by atoms with Crippen LogP contribution in [0.2, 0.25) is 5.02 Å². The zero-order valence-electron chi connectivity index (χ0n) is 11.2. The second-order valence-electron chi connectivity index (χ2n) is 5.32. The van der Waals surface area contributed by atoms with Crippen molar-refractivity contribution >= 4 is 23.3 Å². The molecule has 0 bridgehead atoms. The number of nitrogens with one attached hydrogen (secondary N) is 1. The van der Waals surface area contributed by atoms with E-state index in [1.54, 1.807) is 6.07 Å². The normalized spacial score (nSPS) is 23.1. The van der Waals surface area contributed by atoms with Crippen LogP contribution in [-0.2, 0) is 0 Å². The molecule has 1 heterocycles. The van der Waals surface area contributed by atoms with Crippen LogP contribution in [0.4, 0.5) is 5.82 Å². The lowest BCUT2D eigenvalue weighted by atomic mass is 9.80. The summed E-state index contributed by atoms with van der Waals surface area (Å²) < 4.78 is 0. The first-order chi connectivity index (χ1) is 9.08. The zero-order chi connectivity index (χ0) is 13.8. The van der Waals surface area contributed by atoms with Gasteiger partial charge in [-0.2, -0.15) is 0 Å². The van der Waals surface area contributed by atoms with Gasteiger partial charge in [0.1, 0.15) is 5.82 Å². The standard InChI is InChI=1S/C14H20ClN3O/c1-9-4-2-3-5-10(9)7-17-14-12(15)6-11(8-18-14)13(16)19/h6,8-10H,2-5,7H2,1H3,(H2,16,19)(H,17,18). The van der Waals surface area contributed by atoms with Gasteiger partial charge in [0, 0.05) is 12.7 Å². The highest BCUT2D eigenvalue weighted by Gasteiger charge is 2.21. The minimum atomic E-state index is -0.512. The molecule has 1 fully saturated rings. The van der Waals surface area contributed by atoms with Gasteiger partial charge in [-0.25, -0.2) is 4.98 Å². The predicted molar refractivity (Wildman–Crippen MR) is 77.4 cm³/mol. The maximum absolute atomic E-state index is 11.0. The predicted octanol–water partition coefficient (Wildman–Crippen LogP) is 3.07. The van der Waals surface area contributed by atoms with E-state index in [9.17, 15) is 4.79 Å². The van der Waals surface area contributed by atoms with Crippen LogP contribution < -0.4 is 11.1 Å². The average Bonchev–Trinajstić information content (AvgIpc) is 2.39. The fourth-order valence-corrected chi connectivity index (χ4v) is 2.86. The van der Waals surface area contributed by atoms with Gasteiger partial charge in [-0.05, 0) is 24.3 Å². The summed E-state index contributed by atoms with van der Waals surface area (Å²) in [5.74, 6) is 1.53. The first-order valence-electron chi connectivity index (χ1n) is 6.77. The minimum Gasteiger partial charge on any atom is -0.369 e. The van der Waals surface area contributed by atoms with Crippen LogP contribution in [0.1, 0.15) is 43.0 Å². The van der Waals surface area contributed by atoms with Gasteiger partial charge in [0.2, 0.25) is 5.91 Å². The van der Waals surface area contributed by atoms with Gasteiger partial charge in [0.25, 0.3) is 0 Å². The summed E-state index contributed by atoms with van der Waals surface area (Å²) in [6, 6.07) is 1.56. The summed E-state index contributed by atoms with van der Waals surface area (Å²) in [6.07, 6.45) is 6.66. The lowest BCUT2D eigenvalue weighted by Gasteiger charge is -2.29. The van der Waals surface area contributed by atoms with Crippen molar-refractivity contribution in [1.82, 2.24) is 4.98 Å². The number of anilines is 1. The number of rotatable bonds is 4. The van der Waals surface area contributed by atoms with E-state index < -0.39 is 5.91 Å². The smallest absolute Gasteiger partial charge is 0.250 e. The van der Waals surface area contributed by atoms with Gasteiger partial charge in [-0.1, -0.05) is 37.8 Å². The Hall–Kier alpha value is -1.29. The maximum atomic E-state index is 11.0. The summed E-state index contributed by atoms with van der Waals surface area (Å²) in [5, 5.41) is 3.73. The summed E-state index contributed by atoms with van der Waals surface area (Å²) >= 11 is 6.09. The minimum absolute atomic E-state index is 0.335. The number of aromatic nitrogens is 1. The Morgan fingerprint density at radius 1 is 1.53 bits per heavy atom. The molecule has 0 aromatic carbocycles. The van der Waals surface area contributed by atoms with Crippen LogP contribution in [0.3, 0.4) is 0 Å². The molecule has 1 saturated carbocycles. The average molecular weight is 282 g/mol. The Labute approximate surface area is 118 Å². The van der Waals surface area contributed by atoms with E-state index in [-0.39, 0.29) is 0 Å². The number of carbonyl (C=O) groups is 1. The molecule has 2 unspecified atom stereocenters. The van der Waals surface area contributed by atoms with Crippen LogP contribution in [-0.4, -0.2) is 17.4 Å². The molecule has 104 valence electrons. The summed E-state index contributed by atoms with van der Waals surface area (Å²) in [5.41, 5.74) is 5.52. The van der Waals surface area contributed by atoms with Crippen LogP contribution in [0, 0.1) is 11.8 Å². The van der Waals surface area contributed by atoms with E-state index in [1.807, 2.05) is 0 Å². The number of hydrogen-bond acceptors (Lipinski definition) is 3. The van der Waals surface area contributed by atoms with Crippen molar-refractivity contribution in [1.29, 1.82) is 0 Å². The van der Waals surface area contributed by atoms with Crippen LogP contribution >= 0.6 is 11.6 Å². The fraction of sp³-hybridized carbons (Fsp3) is 0.571. The molecule has 4 nitrogen and oxygen atoms in total. The van der Waals surface area contributed by atoms with Crippen LogP contribution in [0.15, 0.2) is 12.3 Å². The number of pyridine rings is 1. The van der Waals surface area contributed by atoms with E-state index in [4.69, 9.17) is 17.3 Å². The molecule has 1 aromatic heterocycles. The molecule has 2 atom stereocenters. The number of amides is 1. The van der Waals surface area contributed by atoms with Gasteiger partial charge in [0.05, 0.1) is 10.6 Å². The molecule has 1 aliphatic carbocycles. The van der Waals surface area contributed by atoms with Crippen molar-refractivity contribution in [2.75, 3.05) is 11.9 Å². The van der Waals surface area contributed by atoms with Crippen LogP contribution in [0.25, 0.3) is 0 Å². The molecule has 0 radical (unpaired) electrons. The van der Waals surface area contributed by atoms with Gasteiger partial charge < -0.3 is 11.1 Å². The van der Waals surface area contributed by atoms with E-state index in [1.165, 1.54) is 31.9 Å². The second-order valence-corrected chi connectivity index (χ2v) is 5.73. The molecule has 0 saturated heterocycles. The Bertz CT molecular complexity index is 464. The summed E-state index contributed by atoms with van der Waals surface area (Å²) in [7, 11) is 0. The number of hydrogen-bond donors (Lipinski definition) is 2. The molecule has 2 rings (SSSR count).